The maximum Gasteiger partial charge on any atom is 0.312 e. The average Bonchev–Trinajstić information content (AvgIpc) is 3.24. The van der Waals surface area contributed by atoms with Crippen LogP contribution in [0, 0.1) is 0 Å². The molecule has 25 heavy (non-hydrogen) atoms. The summed E-state index contributed by atoms with van der Waals surface area (Å²) in [6.45, 7) is 4.34. The normalized spacial score (nSPS) is 21.5. The summed E-state index contributed by atoms with van der Waals surface area (Å²) in [6, 6.07) is -0.679. The van der Waals surface area contributed by atoms with Gasteiger partial charge in [-0.3, -0.25) is 9.69 Å². The van der Waals surface area contributed by atoms with Gasteiger partial charge >= 0.3 is 6.03 Å². The van der Waals surface area contributed by atoms with Gasteiger partial charge in [-0.2, -0.15) is 0 Å². The van der Waals surface area contributed by atoms with Crippen molar-refractivity contribution < 1.29 is 9.59 Å². The summed E-state index contributed by atoms with van der Waals surface area (Å²) in [4.78, 5) is 27.2. The lowest BCUT2D eigenvalue weighted by atomic mass is 9.97. The molecule has 0 spiro atoms. The smallest absolute Gasteiger partial charge is 0.312 e. The van der Waals surface area contributed by atoms with Crippen LogP contribution in [0.1, 0.15) is 43.3 Å². The van der Waals surface area contributed by atoms with Gasteiger partial charge in [-0.1, -0.05) is 0 Å². The molecule has 0 aromatic carbocycles. The van der Waals surface area contributed by atoms with Crippen LogP contribution < -0.4 is 11.1 Å². The van der Waals surface area contributed by atoms with Crippen LogP contribution in [0.2, 0.25) is 0 Å². The zero-order valence-corrected chi connectivity index (χ0v) is 14.8. The molecule has 9 nitrogen and oxygen atoms in total. The number of primary amides is 1. The molecule has 1 aromatic heterocycles. The van der Waals surface area contributed by atoms with Gasteiger partial charge in [-0.25, -0.2) is 4.79 Å². The van der Waals surface area contributed by atoms with Crippen molar-refractivity contribution in [3.63, 3.8) is 0 Å². The molecule has 138 valence electrons. The number of piperidine rings is 1. The number of aromatic nitrogens is 3. The van der Waals surface area contributed by atoms with Crippen LogP contribution >= 0.6 is 0 Å². The third-order valence-electron chi connectivity index (χ3n) is 5.12. The zero-order chi connectivity index (χ0) is 17.8. The summed E-state index contributed by atoms with van der Waals surface area (Å²) in [5.41, 5.74) is 5.03. The van der Waals surface area contributed by atoms with Crippen LogP contribution in [0.5, 0.6) is 0 Å². The molecule has 2 saturated heterocycles. The molecule has 0 aliphatic carbocycles. The molecule has 0 unspecified atom stereocenters. The number of carbonyl (C=O) groups excluding carboxylic acids is 2. The van der Waals surface area contributed by atoms with Gasteiger partial charge in [0.05, 0.1) is 13.1 Å². The number of urea groups is 1. The molecule has 2 aliphatic rings. The molecule has 3 heterocycles. The van der Waals surface area contributed by atoms with Gasteiger partial charge in [0, 0.05) is 26.1 Å². The minimum atomic E-state index is -0.679. The second-order valence-corrected chi connectivity index (χ2v) is 6.91. The predicted molar refractivity (Wildman–Crippen MR) is 91.7 cm³/mol. The average molecular weight is 349 g/mol. The van der Waals surface area contributed by atoms with Crippen molar-refractivity contribution in [3.05, 3.63) is 11.6 Å². The Balaban J connectivity index is 1.62. The van der Waals surface area contributed by atoms with E-state index in [1.165, 1.54) is 12.8 Å². The Labute approximate surface area is 147 Å². The van der Waals surface area contributed by atoms with Gasteiger partial charge in [0.15, 0.2) is 0 Å². The maximum atomic E-state index is 12.2. The molecule has 2 aliphatic heterocycles. The predicted octanol–water partition coefficient (Wildman–Crippen LogP) is -0.215. The van der Waals surface area contributed by atoms with E-state index in [0.29, 0.717) is 13.1 Å². The largest absolute Gasteiger partial charge is 0.352 e. The van der Waals surface area contributed by atoms with Crippen molar-refractivity contribution >= 4 is 11.9 Å². The quantitative estimate of drug-likeness (QED) is 0.764. The van der Waals surface area contributed by atoms with E-state index in [-0.39, 0.29) is 18.4 Å². The Morgan fingerprint density at radius 2 is 1.96 bits per heavy atom. The third-order valence-corrected chi connectivity index (χ3v) is 5.12. The molecule has 9 heteroatoms. The monoisotopic (exact) mass is 349 g/mol. The number of hydrogen-bond acceptors (Lipinski definition) is 5. The second-order valence-electron chi connectivity index (χ2n) is 6.91. The minimum absolute atomic E-state index is 0.0545. The number of amides is 3. The van der Waals surface area contributed by atoms with Crippen LogP contribution in [0.25, 0.3) is 0 Å². The van der Waals surface area contributed by atoms with E-state index < -0.39 is 6.03 Å². The fraction of sp³-hybridized carbons (Fsp3) is 0.750. The number of hydrogen-bond donors (Lipinski definition) is 2. The number of nitrogens with one attached hydrogen (secondary N) is 1. The van der Waals surface area contributed by atoms with Gasteiger partial charge < -0.3 is 20.5 Å². The third kappa shape index (κ3) is 4.28. The topological polar surface area (TPSA) is 109 Å². The highest BCUT2D eigenvalue weighted by Gasteiger charge is 2.28. The van der Waals surface area contributed by atoms with Crippen molar-refractivity contribution in [2.45, 2.75) is 38.1 Å². The second kappa shape index (κ2) is 7.81. The highest BCUT2D eigenvalue weighted by molar-refractivity contribution is 5.83. The lowest BCUT2D eigenvalue weighted by molar-refractivity contribution is -0.131. The number of carbonyl (C=O) groups is 2. The Hall–Kier alpha value is -2.16. The highest BCUT2D eigenvalue weighted by atomic mass is 16.2. The lowest BCUT2D eigenvalue weighted by Gasteiger charge is -2.32. The molecule has 2 fully saturated rings. The summed E-state index contributed by atoms with van der Waals surface area (Å²) in [7, 11) is 2.01. The molecular weight excluding hydrogens is 322 g/mol. The van der Waals surface area contributed by atoms with E-state index in [4.69, 9.17) is 5.73 Å². The zero-order valence-electron chi connectivity index (χ0n) is 14.8. The Morgan fingerprint density at radius 1 is 1.20 bits per heavy atom. The summed E-state index contributed by atoms with van der Waals surface area (Å²) >= 11 is 0. The maximum absolute atomic E-state index is 12.2. The van der Waals surface area contributed by atoms with E-state index in [1.54, 1.807) is 4.90 Å². The Bertz CT molecular complexity index is 624. The molecule has 1 aromatic rings. The summed E-state index contributed by atoms with van der Waals surface area (Å²) in [5, 5.41) is 11.1. The van der Waals surface area contributed by atoms with E-state index in [1.807, 2.05) is 7.05 Å². The molecule has 0 saturated carbocycles. The van der Waals surface area contributed by atoms with Crippen molar-refractivity contribution in [1.82, 2.24) is 29.9 Å². The molecule has 3 amide bonds. The van der Waals surface area contributed by atoms with E-state index in [2.05, 4.69) is 25.0 Å². The number of likely N-dealkylation sites (tertiary alicyclic amines) is 2. The van der Waals surface area contributed by atoms with Gasteiger partial charge in [-0.05, 0) is 38.8 Å². The Kier molecular flexibility index (Phi) is 5.52. The van der Waals surface area contributed by atoms with Gasteiger partial charge in [0.1, 0.15) is 11.6 Å². The summed E-state index contributed by atoms with van der Waals surface area (Å²) in [6.07, 6.45) is 4.41. The standard InChI is InChI=1S/C16H27N7O2/c1-21-13(11-22-6-2-3-7-22)19-20-15(21)12-5-4-8-23(10-12)14(24)9-18-16(17)25/h12H,2-11H2,1H3,(H3,17,18,25)/t12-/m1/s1. The van der Waals surface area contributed by atoms with Crippen molar-refractivity contribution in [2.75, 3.05) is 32.7 Å². The van der Waals surface area contributed by atoms with Crippen LogP contribution in [0.15, 0.2) is 0 Å². The van der Waals surface area contributed by atoms with Gasteiger partial charge in [0.25, 0.3) is 0 Å². The fourth-order valence-corrected chi connectivity index (χ4v) is 3.70. The molecule has 3 rings (SSSR count). The lowest BCUT2D eigenvalue weighted by Crippen LogP contribution is -2.45. The van der Waals surface area contributed by atoms with Crippen molar-refractivity contribution in [1.29, 1.82) is 0 Å². The summed E-state index contributed by atoms with van der Waals surface area (Å²) < 4.78 is 2.08. The molecule has 1 atom stereocenters. The summed E-state index contributed by atoms with van der Waals surface area (Å²) in [5.74, 6) is 1.99. The SMILES string of the molecule is Cn1c(CN2CCCC2)nnc1[C@@H]1CCCN(C(=O)CNC(N)=O)C1. The van der Waals surface area contributed by atoms with E-state index in [0.717, 1.165) is 44.1 Å². The van der Waals surface area contributed by atoms with Crippen LogP contribution in [0.3, 0.4) is 0 Å². The van der Waals surface area contributed by atoms with Crippen LogP contribution in [0.4, 0.5) is 4.79 Å². The number of rotatable bonds is 5. The van der Waals surface area contributed by atoms with Crippen LogP contribution in [-0.2, 0) is 18.4 Å². The highest BCUT2D eigenvalue weighted by Crippen LogP contribution is 2.26. The van der Waals surface area contributed by atoms with E-state index >= 15 is 0 Å². The minimum Gasteiger partial charge on any atom is -0.352 e. The molecule has 0 bridgehead atoms. The molecule has 0 radical (unpaired) electrons. The first-order valence-electron chi connectivity index (χ1n) is 8.96. The molecule has 3 N–H and O–H groups in total. The Morgan fingerprint density at radius 3 is 2.68 bits per heavy atom. The van der Waals surface area contributed by atoms with Crippen molar-refractivity contribution in [2.24, 2.45) is 12.8 Å². The van der Waals surface area contributed by atoms with Gasteiger partial charge in [0.2, 0.25) is 5.91 Å². The van der Waals surface area contributed by atoms with E-state index in [9.17, 15) is 9.59 Å². The molecular formula is C16H27N7O2. The van der Waals surface area contributed by atoms with Crippen molar-refractivity contribution in [3.8, 4) is 0 Å². The first kappa shape index (κ1) is 17.7. The number of nitrogens with zero attached hydrogens (tertiary/aromatic N) is 5. The first-order valence-corrected chi connectivity index (χ1v) is 8.96. The first-order chi connectivity index (χ1) is 12.0. The fourth-order valence-electron chi connectivity index (χ4n) is 3.70. The number of nitrogens with two attached hydrogens (primary N) is 1. The van der Waals surface area contributed by atoms with Crippen LogP contribution in [-0.4, -0.2) is 69.2 Å². The van der Waals surface area contributed by atoms with Gasteiger partial charge in [-0.15, -0.1) is 10.2 Å².